The highest BCUT2D eigenvalue weighted by molar-refractivity contribution is 5.93. The minimum Gasteiger partial charge on any atom is -0.355 e. The second kappa shape index (κ2) is 6.85. The summed E-state index contributed by atoms with van der Waals surface area (Å²) in [6.45, 7) is 4.57. The van der Waals surface area contributed by atoms with Crippen molar-refractivity contribution in [1.82, 2.24) is 10.5 Å². The van der Waals surface area contributed by atoms with E-state index < -0.39 is 17.6 Å². The van der Waals surface area contributed by atoms with Gasteiger partial charge in [0.1, 0.15) is 0 Å². The fraction of sp³-hybridized carbons (Fsp3) is 0.375. The van der Waals surface area contributed by atoms with Gasteiger partial charge in [0, 0.05) is 18.2 Å². The van der Waals surface area contributed by atoms with Gasteiger partial charge in [-0.1, -0.05) is 31.1 Å². The smallest absolute Gasteiger partial charge is 0.355 e. The number of carbonyl (C=O) groups excluding carboxylic acids is 1. The maximum absolute atomic E-state index is 12.7. The fourth-order valence-corrected chi connectivity index (χ4v) is 1.93. The van der Waals surface area contributed by atoms with Crippen molar-refractivity contribution in [3.8, 4) is 11.3 Å². The van der Waals surface area contributed by atoms with Crippen molar-refractivity contribution in [2.75, 3.05) is 6.54 Å². The lowest BCUT2D eigenvalue weighted by molar-refractivity contribution is -0.137. The molecule has 0 radical (unpaired) electrons. The van der Waals surface area contributed by atoms with Gasteiger partial charge in [-0.25, -0.2) is 0 Å². The van der Waals surface area contributed by atoms with E-state index in [0.717, 1.165) is 18.6 Å². The Bertz CT molecular complexity index is 678. The molecule has 2 rings (SSSR count). The van der Waals surface area contributed by atoms with Crippen LogP contribution in [-0.2, 0) is 6.18 Å². The van der Waals surface area contributed by atoms with Gasteiger partial charge in [0.05, 0.1) is 5.56 Å². The molecule has 0 fully saturated rings. The summed E-state index contributed by atoms with van der Waals surface area (Å²) < 4.78 is 43.1. The number of rotatable bonds is 5. The molecule has 0 saturated heterocycles. The first-order valence-electron chi connectivity index (χ1n) is 7.20. The Balaban J connectivity index is 2.12. The van der Waals surface area contributed by atoms with Crippen LogP contribution in [0.15, 0.2) is 34.9 Å². The van der Waals surface area contributed by atoms with E-state index >= 15 is 0 Å². The van der Waals surface area contributed by atoms with Crippen LogP contribution in [0.1, 0.15) is 36.3 Å². The second-order valence-corrected chi connectivity index (χ2v) is 5.59. The standard InChI is InChI=1S/C16H17F3N2O2/c1-10(2)6-7-20-15(22)13-9-14(23-21-13)11-4-3-5-12(8-11)16(17,18)19/h3-5,8-10H,6-7H2,1-2H3,(H,20,22). The number of alkyl halides is 3. The molecule has 1 aromatic heterocycles. The number of halogens is 3. The van der Waals surface area contributed by atoms with Gasteiger partial charge in [-0.15, -0.1) is 0 Å². The molecule has 0 aliphatic rings. The Morgan fingerprint density at radius 1 is 1.30 bits per heavy atom. The van der Waals surface area contributed by atoms with Crippen molar-refractivity contribution in [3.63, 3.8) is 0 Å². The number of aromatic nitrogens is 1. The molecule has 0 saturated carbocycles. The third kappa shape index (κ3) is 4.58. The van der Waals surface area contributed by atoms with Crippen molar-refractivity contribution < 1.29 is 22.5 Å². The number of amides is 1. The summed E-state index contributed by atoms with van der Waals surface area (Å²) in [6.07, 6.45) is -3.61. The summed E-state index contributed by atoms with van der Waals surface area (Å²) in [7, 11) is 0. The monoisotopic (exact) mass is 326 g/mol. The largest absolute Gasteiger partial charge is 0.416 e. The molecular formula is C16H17F3N2O2. The summed E-state index contributed by atoms with van der Waals surface area (Å²) in [5.41, 5.74) is -0.524. The van der Waals surface area contributed by atoms with Crippen LogP contribution in [0.25, 0.3) is 11.3 Å². The van der Waals surface area contributed by atoms with Crippen molar-refractivity contribution in [2.45, 2.75) is 26.4 Å². The molecule has 1 aromatic carbocycles. The molecule has 4 nitrogen and oxygen atoms in total. The molecule has 1 N–H and O–H groups in total. The van der Waals surface area contributed by atoms with Crippen LogP contribution >= 0.6 is 0 Å². The molecule has 1 heterocycles. The average Bonchev–Trinajstić information content (AvgIpc) is 2.96. The van der Waals surface area contributed by atoms with Gasteiger partial charge in [0.25, 0.3) is 5.91 Å². The minimum absolute atomic E-state index is 0.0427. The molecule has 0 atom stereocenters. The normalized spacial score (nSPS) is 11.7. The van der Waals surface area contributed by atoms with Gasteiger partial charge in [-0.2, -0.15) is 13.2 Å². The molecule has 124 valence electrons. The van der Waals surface area contributed by atoms with Gasteiger partial charge >= 0.3 is 6.18 Å². The Morgan fingerprint density at radius 3 is 2.70 bits per heavy atom. The maximum Gasteiger partial charge on any atom is 0.416 e. The second-order valence-electron chi connectivity index (χ2n) is 5.59. The van der Waals surface area contributed by atoms with E-state index in [0.29, 0.717) is 12.5 Å². The van der Waals surface area contributed by atoms with Gasteiger partial charge in [0.15, 0.2) is 11.5 Å². The zero-order chi connectivity index (χ0) is 17.0. The molecule has 2 aromatic rings. The van der Waals surface area contributed by atoms with E-state index in [1.165, 1.54) is 18.2 Å². The Kier molecular flexibility index (Phi) is 5.08. The molecule has 0 spiro atoms. The first-order valence-corrected chi connectivity index (χ1v) is 7.20. The van der Waals surface area contributed by atoms with Crippen molar-refractivity contribution in [1.29, 1.82) is 0 Å². The summed E-state index contributed by atoms with van der Waals surface area (Å²) in [4.78, 5) is 11.9. The number of benzene rings is 1. The Labute approximate surface area is 131 Å². The van der Waals surface area contributed by atoms with Gasteiger partial charge < -0.3 is 9.84 Å². The van der Waals surface area contributed by atoms with Crippen LogP contribution < -0.4 is 5.32 Å². The SMILES string of the molecule is CC(C)CCNC(=O)c1cc(-c2cccc(C(F)(F)F)c2)on1. The highest BCUT2D eigenvalue weighted by Crippen LogP contribution is 2.32. The molecule has 23 heavy (non-hydrogen) atoms. The van der Waals surface area contributed by atoms with Crippen molar-refractivity contribution in [2.24, 2.45) is 5.92 Å². The van der Waals surface area contributed by atoms with Gasteiger partial charge in [-0.3, -0.25) is 4.79 Å². The van der Waals surface area contributed by atoms with Crippen molar-refractivity contribution >= 4 is 5.91 Å². The first kappa shape index (κ1) is 17.1. The van der Waals surface area contributed by atoms with Crippen LogP contribution in [-0.4, -0.2) is 17.6 Å². The lowest BCUT2D eigenvalue weighted by Crippen LogP contribution is -2.25. The fourth-order valence-electron chi connectivity index (χ4n) is 1.93. The third-order valence-corrected chi connectivity index (χ3v) is 3.22. The lowest BCUT2D eigenvalue weighted by atomic mass is 10.1. The van der Waals surface area contributed by atoms with E-state index in [2.05, 4.69) is 10.5 Å². The van der Waals surface area contributed by atoms with Crippen LogP contribution in [0.2, 0.25) is 0 Å². The zero-order valence-electron chi connectivity index (χ0n) is 12.8. The number of nitrogens with one attached hydrogen (secondary N) is 1. The van der Waals surface area contributed by atoms with E-state index in [-0.39, 0.29) is 17.0 Å². The number of carbonyl (C=O) groups is 1. The molecule has 0 aliphatic heterocycles. The Morgan fingerprint density at radius 2 is 2.04 bits per heavy atom. The van der Waals surface area contributed by atoms with E-state index in [9.17, 15) is 18.0 Å². The van der Waals surface area contributed by atoms with Crippen LogP contribution in [0.3, 0.4) is 0 Å². The molecule has 7 heteroatoms. The zero-order valence-corrected chi connectivity index (χ0v) is 12.8. The van der Waals surface area contributed by atoms with Gasteiger partial charge in [0.2, 0.25) is 0 Å². The topological polar surface area (TPSA) is 55.1 Å². The third-order valence-electron chi connectivity index (χ3n) is 3.22. The Hall–Kier alpha value is -2.31. The van der Waals surface area contributed by atoms with Crippen LogP contribution in [0.5, 0.6) is 0 Å². The quantitative estimate of drug-likeness (QED) is 0.898. The molecule has 1 amide bonds. The molecule has 0 unspecified atom stereocenters. The van der Waals surface area contributed by atoms with E-state index in [1.807, 2.05) is 13.8 Å². The number of hydrogen-bond donors (Lipinski definition) is 1. The predicted molar refractivity (Wildman–Crippen MR) is 78.7 cm³/mol. The summed E-state index contributed by atoms with van der Waals surface area (Å²) in [5, 5.41) is 6.30. The van der Waals surface area contributed by atoms with E-state index in [4.69, 9.17) is 4.52 Å². The summed E-state index contributed by atoms with van der Waals surface area (Å²) in [6, 6.07) is 6.01. The predicted octanol–water partition coefficient (Wildman–Crippen LogP) is 4.14. The van der Waals surface area contributed by atoms with Gasteiger partial charge in [-0.05, 0) is 24.5 Å². The summed E-state index contributed by atoms with van der Waals surface area (Å²) in [5.74, 6) is 0.158. The van der Waals surface area contributed by atoms with E-state index in [1.54, 1.807) is 0 Å². The minimum atomic E-state index is -4.44. The lowest BCUT2D eigenvalue weighted by Gasteiger charge is -2.06. The maximum atomic E-state index is 12.7. The van der Waals surface area contributed by atoms with Crippen molar-refractivity contribution in [3.05, 3.63) is 41.6 Å². The number of nitrogens with zero attached hydrogens (tertiary/aromatic N) is 1. The first-order chi connectivity index (χ1) is 10.8. The molecular weight excluding hydrogens is 309 g/mol. The van der Waals surface area contributed by atoms with Crippen LogP contribution in [0, 0.1) is 5.92 Å². The summed E-state index contributed by atoms with van der Waals surface area (Å²) >= 11 is 0. The van der Waals surface area contributed by atoms with Crippen LogP contribution in [0.4, 0.5) is 13.2 Å². The highest BCUT2D eigenvalue weighted by atomic mass is 19.4. The average molecular weight is 326 g/mol. The molecule has 0 bridgehead atoms. The molecule has 0 aliphatic carbocycles. The number of hydrogen-bond acceptors (Lipinski definition) is 3. The highest BCUT2D eigenvalue weighted by Gasteiger charge is 2.30.